The summed E-state index contributed by atoms with van der Waals surface area (Å²) in [6.07, 6.45) is 3.12. The van der Waals surface area contributed by atoms with Crippen LogP contribution in [0.25, 0.3) is 10.8 Å². The van der Waals surface area contributed by atoms with Gasteiger partial charge in [-0.3, -0.25) is 0 Å². The normalized spacial score (nSPS) is 18.0. The summed E-state index contributed by atoms with van der Waals surface area (Å²) in [6, 6.07) is 4.98. The minimum Gasteiger partial charge on any atom is -0.444 e. The van der Waals surface area contributed by atoms with Crippen molar-refractivity contribution in [1.82, 2.24) is 9.88 Å². The molecule has 0 radical (unpaired) electrons. The number of amides is 1. The second kappa shape index (κ2) is 7.09. The van der Waals surface area contributed by atoms with Crippen LogP contribution in [0.2, 0.25) is 0 Å². The smallest absolute Gasteiger partial charge is 0.410 e. The van der Waals surface area contributed by atoms with E-state index in [4.69, 9.17) is 4.74 Å². The Morgan fingerprint density at radius 2 is 2.12 bits per heavy atom. The molecule has 2 aromatic rings. The number of aryl methyl sites for hydroxylation is 1. The Morgan fingerprint density at radius 3 is 2.85 bits per heavy atom. The highest BCUT2D eigenvalue weighted by molar-refractivity contribution is 5.94. The zero-order valence-electron chi connectivity index (χ0n) is 15.8. The van der Waals surface area contributed by atoms with Gasteiger partial charge in [-0.2, -0.15) is 0 Å². The van der Waals surface area contributed by atoms with Gasteiger partial charge in [-0.25, -0.2) is 14.2 Å². The van der Waals surface area contributed by atoms with Gasteiger partial charge in [0.15, 0.2) is 0 Å². The van der Waals surface area contributed by atoms with E-state index < -0.39 is 5.60 Å². The van der Waals surface area contributed by atoms with Crippen LogP contribution >= 0.6 is 0 Å². The van der Waals surface area contributed by atoms with Gasteiger partial charge >= 0.3 is 6.09 Å². The molecule has 6 heteroatoms. The first kappa shape index (κ1) is 18.4. The highest BCUT2D eigenvalue weighted by atomic mass is 19.1. The van der Waals surface area contributed by atoms with Crippen LogP contribution in [-0.4, -0.2) is 40.7 Å². The van der Waals surface area contributed by atoms with Gasteiger partial charge < -0.3 is 15.0 Å². The van der Waals surface area contributed by atoms with Crippen LogP contribution in [0.15, 0.2) is 24.4 Å². The van der Waals surface area contributed by atoms with Crippen molar-refractivity contribution in [2.75, 3.05) is 18.4 Å². The van der Waals surface area contributed by atoms with Crippen LogP contribution in [0.4, 0.5) is 15.0 Å². The van der Waals surface area contributed by atoms with E-state index in [1.54, 1.807) is 23.2 Å². The van der Waals surface area contributed by atoms with Crippen LogP contribution in [0.1, 0.15) is 39.2 Å². The lowest BCUT2D eigenvalue weighted by molar-refractivity contribution is 0.0206. The summed E-state index contributed by atoms with van der Waals surface area (Å²) in [5.41, 5.74) is 0.459. The summed E-state index contributed by atoms with van der Waals surface area (Å²) in [5, 5.41) is 4.76. The van der Waals surface area contributed by atoms with Crippen molar-refractivity contribution < 1.29 is 13.9 Å². The first-order chi connectivity index (χ1) is 12.2. The zero-order chi connectivity index (χ0) is 18.9. The summed E-state index contributed by atoms with van der Waals surface area (Å²) in [5.74, 6) is 0.408. The molecule has 0 spiro atoms. The van der Waals surface area contributed by atoms with Crippen LogP contribution in [0, 0.1) is 12.7 Å². The number of likely N-dealkylation sites (tertiary alicyclic amines) is 1. The van der Waals surface area contributed by atoms with Gasteiger partial charge in [-0.1, -0.05) is 6.07 Å². The molecule has 1 aliphatic heterocycles. The van der Waals surface area contributed by atoms with Crippen molar-refractivity contribution in [2.24, 2.45) is 0 Å². The molecule has 3 rings (SSSR count). The Hall–Kier alpha value is -2.37. The van der Waals surface area contributed by atoms with Crippen molar-refractivity contribution in [3.8, 4) is 0 Å². The predicted octanol–water partition coefficient (Wildman–Crippen LogP) is 4.49. The summed E-state index contributed by atoms with van der Waals surface area (Å²) in [7, 11) is 0. The number of aromatic nitrogens is 1. The second-order valence-electron chi connectivity index (χ2n) is 7.86. The third-order valence-electron chi connectivity index (χ3n) is 4.50. The average molecular weight is 359 g/mol. The third kappa shape index (κ3) is 4.06. The lowest BCUT2D eigenvalue weighted by atomic mass is 10.0. The maximum Gasteiger partial charge on any atom is 0.410 e. The molecule has 2 heterocycles. The molecular weight excluding hydrogens is 333 g/mol. The number of fused-ring (bicyclic) bond motifs is 1. The Labute approximate surface area is 153 Å². The molecular formula is C20H26FN3O2. The largest absolute Gasteiger partial charge is 0.444 e. The zero-order valence-corrected chi connectivity index (χ0v) is 15.8. The predicted molar refractivity (Wildman–Crippen MR) is 101 cm³/mol. The van der Waals surface area contributed by atoms with Gasteiger partial charge in [0.1, 0.15) is 17.2 Å². The molecule has 1 atom stereocenters. The number of ether oxygens (including phenoxy) is 1. The molecule has 26 heavy (non-hydrogen) atoms. The fourth-order valence-electron chi connectivity index (χ4n) is 3.32. The fraction of sp³-hybridized carbons (Fsp3) is 0.500. The maximum absolute atomic E-state index is 14.1. The summed E-state index contributed by atoms with van der Waals surface area (Å²) < 4.78 is 19.6. The van der Waals surface area contributed by atoms with Crippen molar-refractivity contribution in [1.29, 1.82) is 0 Å². The minimum absolute atomic E-state index is 0.0528. The standard InChI is InChI=1S/C20H26FN3O2/c1-13-7-8-16(21)15-9-10-22-18(17(13)15)23-14-6-5-11-24(12-14)19(25)26-20(2,3)4/h7-10,14H,5-6,11-12H2,1-4H3,(H,22,23)/t14-/m1/s1. The maximum atomic E-state index is 14.1. The molecule has 1 N–H and O–H groups in total. The summed E-state index contributed by atoms with van der Waals surface area (Å²) in [6.45, 7) is 8.76. The van der Waals surface area contributed by atoms with E-state index in [0.717, 1.165) is 23.8 Å². The van der Waals surface area contributed by atoms with E-state index >= 15 is 0 Å². The van der Waals surface area contributed by atoms with Crippen molar-refractivity contribution in [3.63, 3.8) is 0 Å². The average Bonchev–Trinajstić information content (AvgIpc) is 2.57. The first-order valence-corrected chi connectivity index (χ1v) is 9.03. The molecule has 5 nitrogen and oxygen atoms in total. The van der Waals surface area contributed by atoms with Gasteiger partial charge in [0.25, 0.3) is 0 Å². The molecule has 0 bridgehead atoms. The second-order valence-corrected chi connectivity index (χ2v) is 7.86. The number of carbonyl (C=O) groups is 1. The third-order valence-corrected chi connectivity index (χ3v) is 4.50. The van der Waals surface area contributed by atoms with Gasteiger partial charge in [-0.15, -0.1) is 0 Å². The number of benzene rings is 1. The number of hydrogen-bond acceptors (Lipinski definition) is 4. The van der Waals surface area contributed by atoms with Crippen molar-refractivity contribution in [2.45, 2.75) is 52.2 Å². The number of anilines is 1. The topological polar surface area (TPSA) is 54.5 Å². The number of pyridine rings is 1. The number of halogens is 1. The number of carbonyl (C=O) groups excluding carboxylic acids is 1. The van der Waals surface area contributed by atoms with E-state index in [1.807, 2.05) is 27.7 Å². The summed E-state index contributed by atoms with van der Waals surface area (Å²) in [4.78, 5) is 18.5. The molecule has 1 amide bonds. The Balaban J connectivity index is 1.78. The number of rotatable bonds is 2. The van der Waals surface area contributed by atoms with E-state index in [2.05, 4.69) is 10.3 Å². The Morgan fingerprint density at radius 1 is 1.35 bits per heavy atom. The molecule has 0 saturated carbocycles. The lowest BCUT2D eigenvalue weighted by Crippen LogP contribution is -2.47. The van der Waals surface area contributed by atoms with Gasteiger partial charge in [0, 0.05) is 36.1 Å². The number of nitrogens with one attached hydrogen (secondary N) is 1. The van der Waals surface area contributed by atoms with Gasteiger partial charge in [-0.05, 0) is 58.2 Å². The molecule has 140 valence electrons. The van der Waals surface area contributed by atoms with Crippen LogP contribution in [0.3, 0.4) is 0 Å². The Bertz CT molecular complexity index is 817. The van der Waals surface area contributed by atoms with Crippen LogP contribution in [-0.2, 0) is 4.74 Å². The van der Waals surface area contributed by atoms with E-state index in [-0.39, 0.29) is 18.0 Å². The highest BCUT2D eigenvalue weighted by Crippen LogP contribution is 2.28. The van der Waals surface area contributed by atoms with E-state index in [9.17, 15) is 9.18 Å². The SMILES string of the molecule is Cc1ccc(F)c2ccnc(N[C@@H]3CCCN(C(=O)OC(C)(C)C)C3)c12. The molecule has 1 aromatic heterocycles. The van der Waals surface area contributed by atoms with Crippen molar-refractivity contribution >= 4 is 22.7 Å². The molecule has 1 saturated heterocycles. The monoisotopic (exact) mass is 359 g/mol. The minimum atomic E-state index is -0.511. The first-order valence-electron chi connectivity index (χ1n) is 9.03. The molecule has 1 aromatic carbocycles. The highest BCUT2D eigenvalue weighted by Gasteiger charge is 2.28. The van der Waals surface area contributed by atoms with Gasteiger partial charge in [0.2, 0.25) is 0 Å². The molecule has 1 fully saturated rings. The molecule has 0 aliphatic carbocycles. The van der Waals surface area contributed by atoms with Gasteiger partial charge in [0.05, 0.1) is 0 Å². The number of piperidine rings is 1. The molecule has 1 aliphatic rings. The van der Waals surface area contributed by atoms with Crippen LogP contribution < -0.4 is 5.32 Å². The Kier molecular flexibility index (Phi) is 5.03. The fourth-order valence-corrected chi connectivity index (χ4v) is 3.32. The summed E-state index contributed by atoms with van der Waals surface area (Å²) >= 11 is 0. The van der Waals surface area contributed by atoms with E-state index in [0.29, 0.717) is 24.3 Å². The van der Waals surface area contributed by atoms with Crippen molar-refractivity contribution in [3.05, 3.63) is 35.8 Å². The molecule has 0 unspecified atom stereocenters. The van der Waals surface area contributed by atoms with E-state index in [1.165, 1.54) is 6.07 Å². The number of nitrogens with zero attached hydrogens (tertiary/aromatic N) is 2. The quantitative estimate of drug-likeness (QED) is 0.858. The lowest BCUT2D eigenvalue weighted by Gasteiger charge is -2.34. The number of hydrogen-bond donors (Lipinski definition) is 1. The van der Waals surface area contributed by atoms with Crippen LogP contribution in [0.5, 0.6) is 0 Å².